The lowest BCUT2D eigenvalue weighted by Gasteiger charge is -2.08. The Hall–Kier alpha value is -0.910. The van der Waals surface area contributed by atoms with E-state index in [4.69, 9.17) is 10.8 Å². The molecule has 0 bridgehead atoms. The van der Waals surface area contributed by atoms with Crippen LogP contribution in [0.15, 0.2) is 35.2 Å². The largest absolute Gasteiger partial charge is 0.394 e. The van der Waals surface area contributed by atoms with Crippen molar-refractivity contribution in [3.8, 4) is 0 Å². The van der Waals surface area contributed by atoms with E-state index in [9.17, 15) is 8.42 Å². The van der Waals surface area contributed by atoms with Crippen LogP contribution >= 0.6 is 0 Å². The molecule has 1 saturated carbocycles. The number of aliphatic hydroxyl groups excluding tert-OH is 1. The normalized spacial score (nSPS) is 30.1. The smallest absolute Gasteiger partial charge is 0.183 e. The first kappa shape index (κ1) is 10.6. The first-order valence-corrected chi connectivity index (χ1v) is 6.24. The molecule has 0 heterocycles. The average Bonchev–Trinajstić information content (AvgIpc) is 2.94. The Morgan fingerprint density at radius 3 is 2.47 bits per heavy atom. The third-order valence-electron chi connectivity index (χ3n) is 2.79. The maximum absolute atomic E-state index is 12.0. The van der Waals surface area contributed by atoms with Gasteiger partial charge in [-0.2, -0.15) is 0 Å². The van der Waals surface area contributed by atoms with Gasteiger partial charge in [-0.15, -0.1) is 0 Å². The summed E-state index contributed by atoms with van der Waals surface area (Å²) in [6.45, 7) is -0.288. The molecule has 5 heteroatoms. The van der Waals surface area contributed by atoms with Gasteiger partial charge in [-0.3, -0.25) is 0 Å². The molecule has 2 rings (SSSR count). The predicted molar refractivity (Wildman–Crippen MR) is 56.0 cm³/mol. The van der Waals surface area contributed by atoms with Crippen LogP contribution in [0.3, 0.4) is 0 Å². The minimum Gasteiger partial charge on any atom is -0.394 e. The van der Waals surface area contributed by atoms with Crippen LogP contribution in [0.5, 0.6) is 0 Å². The number of nitrogens with two attached hydrogens (primary N) is 1. The Morgan fingerprint density at radius 1 is 1.40 bits per heavy atom. The Balaban J connectivity index is 2.32. The number of rotatable bonds is 3. The number of benzene rings is 1. The lowest BCUT2D eigenvalue weighted by Crippen LogP contribution is -2.34. The van der Waals surface area contributed by atoms with Gasteiger partial charge in [0.1, 0.15) is 0 Å². The molecule has 0 saturated heterocycles. The fourth-order valence-corrected chi connectivity index (χ4v) is 3.73. The van der Waals surface area contributed by atoms with E-state index in [1.165, 1.54) is 0 Å². The van der Waals surface area contributed by atoms with Crippen LogP contribution in [-0.2, 0) is 9.84 Å². The molecule has 0 amide bonds. The Kier molecular flexibility index (Phi) is 2.33. The van der Waals surface area contributed by atoms with Crippen LogP contribution in [0.4, 0.5) is 0 Å². The van der Waals surface area contributed by atoms with E-state index in [2.05, 4.69) is 0 Å². The quantitative estimate of drug-likeness (QED) is 0.757. The molecule has 0 aromatic heterocycles. The van der Waals surface area contributed by atoms with Gasteiger partial charge in [0.15, 0.2) is 9.84 Å². The summed E-state index contributed by atoms with van der Waals surface area (Å²) in [5.41, 5.74) is 4.75. The number of aliphatic hydroxyl groups is 1. The highest BCUT2D eigenvalue weighted by molar-refractivity contribution is 7.92. The van der Waals surface area contributed by atoms with Crippen molar-refractivity contribution in [1.82, 2.24) is 0 Å². The molecule has 3 N–H and O–H groups in total. The Bertz CT molecular complexity index is 457. The zero-order chi connectivity index (χ0) is 11.1. The number of hydrogen-bond donors (Lipinski definition) is 2. The predicted octanol–water partition coefficient (Wildman–Crippen LogP) is -0.0776. The zero-order valence-electron chi connectivity index (χ0n) is 8.13. The minimum atomic E-state index is -3.37. The van der Waals surface area contributed by atoms with Crippen LogP contribution in [-0.4, -0.2) is 30.9 Å². The lowest BCUT2D eigenvalue weighted by atomic mass is 10.3. The highest BCUT2D eigenvalue weighted by Crippen LogP contribution is 2.41. The average molecular weight is 227 g/mol. The van der Waals surface area contributed by atoms with Crippen LogP contribution in [0.2, 0.25) is 0 Å². The lowest BCUT2D eigenvalue weighted by molar-refractivity contribution is 0.257. The molecule has 2 atom stereocenters. The van der Waals surface area contributed by atoms with Gasteiger partial charge in [0.25, 0.3) is 0 Å². The summed E-state index contributed by atoms with van der Waals surface area (Å²) in [7, 11) is -3.37. The van der Waals surface area contributed by atoms with Gasteiger partial charge >= 0.3 is 0 Å². The van der Waals surface area contributed by atoms with Crippen molar-refractivity contribution in [3.05, 3.63) is 30.3 Å². The second-order valence-corrected chi connectivity index (χ2v) is 6.07. The molecule has 82 valence electrons. The van der Waals surface area contributed by atoms with Crippen molar-refractivity contribution in [2.24, 2.45) is 5.73 Å². The highest BCUT2D eigenvalue weighted by Gasteiger charge is 2.58. The second-order valence-electron chi connectivity index (χ2n) is 3.94. The molecular formula is C10H13NO3S. The topological polar surface area (TPSA) is 80.4 Å². The zero-order valence-corrected chi connectivity index (χ0v) is 8.94. The summed E-state index contributed by atoms with van der Waals surface area (Å²) >= 11 is 0. The molecule has 0 radical (unpaired) electrons. The van der Waals surface area contributed by atoms with Gasteiger partial charge in [-0.1, -0.05) is 18.2 Å². The standard InChI is InChI=1S/C10H13NO3S/c11-10(7-12)6-9(10)15(13,14)8-4-2-1-3-5-8/h1-5,9,12H,6-7,11H2/t9-,10-/m1/s1. The fourth-order valence-electron chi connectivity index (χ4n) is 1.65. The Labute approximate surface area is 88.6 Å². The molecule has 4 nitrogen and oxygen atoms in total. The molecule has 1 aromatic rings. The van der Waals surface area contributed by atoms with E-state index >= 15 is 0 Å². The molecular weight excluding hydrogens is 214 g/mol. The van der Waals surface area contributed by atoms with E-state index < -0.39 is 20.6 Å². The first-order chi connectivity index (χ1) is 7.00. The van der Waals surface area contributed by atoms with Crippen molar-refractivity contribution in [1.29, 1.82) is 0 Å². The number of sulfone groups is 1. The maximum atomic E-state index is 12.0. The molecule has 0 spiro atoms. The van der Waals surface area contributed by atoms with E-state index in [-0.39, 0.29) is 11.5 Å². The highest BCUT2D eigenvalue weighted by atomic mass is 32.2. The van der Waals surface area contributed by atoms with Crippen molar-refractivity contribution in [3.63, 3.8) is 0 Å². The maximum Gasteiger partial charge on any atom is 0.183 e. The van der Waals surface area contributed by atoms with Gasteiger partial charge in [-0.25, -0.2) is 8.42 Å². The van der Waals surface area contributed by atoms with Crippen molar-refractivity contribution >= 4 is 9.84 Å². The van der Waals surface area contributed by atoms with Crippen molar-refractivity contribution in [2.75, 3.05) is 6.61 Å². The van der Waals surface area contributed by atoms with Gasteiger partial charge in [0.05, 0.1) is 22.3 Å². The van der Waals surface area contributed by atoms with E-state index in [0.29, 0.717) is 6.42 Å². The number of hydrogen-bond acceptors (Lipinski definition) is 4. The molecule has 0 unspecified atom stereocenters. The molecule has 1 aliphatic rings. The monoisotopic (exact) mass is 227 g/mol. The third kappa shape index (κ3) is 1.67. The second kappa shape index (κ2) is 3.30. The van der Waals surface area contributed by atoms with Gasteiger partial charge in [0, 0.05) is 0 Å². The molecule has 1 aromatic carbocycles. The van der Waals surface area contributed by atoms with Crippen LogP contribution in [0, 0.1) is 0 Å². The molecule has 1 aliphatic carbocycles. The van der Waals surface area contributed by atoms with Crippen LogP contribution in [0.1, 0.15) is 6.42 Å². The summed E-state index contributed by atoms with van der Waals surface area (Å²) in [5, 5.41) is 8.32. The summed E-state index contributed by atoms with van der Waals surface area (Å²) in [5.74, 6) is 0. The Morgan fingerprint density at radius 2 is 2.00 bits per heavy atom. The summed E-state index contributed by atoms with van der Waals surface area (Å²) in [6.07, 6.45) is 0.334. The van der Waals surface area contributed by atoms with Gasteiger partial charge in [0.2, 0.25) is 0 Å². The first-order valence-electron chi connectivity index (χ1n) is 4.69. The summed E-state index contributed by atoms with van der Waals surface area (Å²) in [6, 6.07) is 8.20. The van der Waals surface area contributed by atoms with Gasteiger partial charge in [-0.05, 0) is 18.6 Å². The van der Waals surface area contributed by atoms with Gasteiger partial charge < -0.3 is 10.8 Å². The van der Waals surface area contributed by atoms with Crippen LogP contribution < -0.4 is 5.73 Å². The van der Waals surface area contributed by atoms with E-state index in [0.717, 1.165) is 0 Å². The SMILES string of the molecule is N[C@@]1(CO)C[C@H]1S(=O)(=O)c1ccccc1. The van der Waals surface area contributed by atoms with Crippen molar-refractivity contribution < 1.29 is 13.5 Å². The summed E-state index contributed by atoms with van der Waals surface area (Å²) in [4.78, 5) is 0.274. The molecule has 1 fully saturated rings. The van der Waals surface area contributed by atoms with E-state index in [1.54, 1.807) is 30.3 Å². The molecule has 15 heavy (non-hydrogen) atoms. The summed E-state index contributed by atoms with van der Waals surface area (Å²) < 4.78 is 24.0. The van der Waals surface area contributed by atoms with E-state index in [1.807, 2.05) is 0 Å². The minimum absolute atomic E-state index is 0.274. The van der Waals surface area contributed by atoms with Crippen LogP contribution in [0.25, 0.3) is 0 Å². The fraction of sp³-hybridized carbons (Fsp3) is 0.400. The molecule has 0 aliphatic heterocycles. The third-order valence-corrected chi connectivity index (χ3v) is 5.10. The van der Waals surface area contributed by atoms with Crippen molar-refractivity contribution in [2.45, 2.75) is 22.1 Å².